The summed E-state index contributed by atoms with van der Waals surface area (Å²) in [7, 11) is 0. The van der Waals surface area contributed by atoms with Crippen molar-refractivity contribution in [3.8, 4) is 0 Å². The lowest BCUT2D eigenvalue weighted by atomic mass is 10.2. The summed E-state index contributed by atoms with van der Waals surface area (Å²) in [6.07, 6.45) is 1.17. The number of amides is 1. The van der Waals surface area contributed by atoms with Gasteiger partial charge in [-0.1, -0.05) is 35.6 Å². The molecule has 2 heterocycles. The number of benzene rings is 2. The molecule has 0 spiro atoms. The lowest BCUT2D eigenvalue weighted by molar-refractivity contribution is -0.119. The molecule has 0 aliphatic rings. The first-order valence-corrected chi connectivity index (χ1v) is 11.3. The van der Waals surface area contributed by atoms with Gasteiger partial charge in [0.2, 0.25) is 5.91 Å². The topological polar surface area (TPSA) is 94.4 Å². The number of fused-ring (bicyclic) bond motifs is 1. The molecule has 0 radical (unpaired) electrons. The molecule has 0 saturated carbocycles. The fraction of sp³-hybridized carbons (Fsp3) is 0.208. The van der Waals surface area contributed by atoms with Gasteiger partial charge in [-0.05, 0) is 43.7 Å². The van der Waals surface area contributed by atoms with E-state index in [1.165, 1.54) is 27.8 Å². The lowest BCUT2D eigenvalue weighted by Crippen LogP contribution is -2.36. The molecule has 4 rings (SSSR count). The van der Waals surface area contributed by atoms with Crippen LogP contribution >= 0.6 is 11.3 Å². The molecule has 8 nitrogen and oxygen atoms in total. The molecule has 0 saturated heterocycles. The van der Waals surface area contributed by atoms with Crippen molar-refractivity contribution in [1.29, 1.82) is 0 Å². The van der Waals surface area contributed by atoms with Crippen LogP contribution in [0.15, 0.2) is 59.5 Å². The van der Waals surface area contributed by atoms with Crippen LogP contribution in [0, 0.1) is 12.7 Å². The third-order valence-corrected chi connectivity index (χ3v) is 6.24. The minimum absolute atomic E-state index is 0.0755. The molecule has 10 heteroatoms. The molecule has 0 atom stereocenters. The average Bonchev–Trinajstić information content (AvgIpc) is 3.22. The van der Waals surface area contributed by atoms with Gasteiger partial charge < -0.3 is 4.74 Å². The minimum atomic E-state index is -0.519. The number of halogens is 1. The van der Waals surface area contributed by atoms with Gasteiger partial charge in [-0.15, -0.1) is 0 Å². The molecule has 1 amide bonds. The number of para-hydroxylation sites is 2. The highest BCUT2D eigenvalue weighted by Gasteiger charge is 2.25. The molecule has 0 aliphatic carbocycles. The fourth-order valence-electron chi connectivity index (χ4n) is 3.42. The molecule has 0 bridgehead atoms. The Morgan fingerprint density at radius 1 is 1.15 bits per heavy atom. The Kier molecular flexibility index (Phi) is 6.78. The maximum atomic E-state index is 13.5. The van der Waals surface area contributed by atoms with Crippen molar-refractivity contribution in [3.63, 3.8) is 0 Å². The van der Waals surface area contributed by atoms with Crippen molar-refractivity contribution in [2.24, 2.45) is 0 Å². The smallest absolute Gasteiger partial charge is 0.350 e. The Morgan fingerprint density at radius 3 is 2.62 bits per heavy atom. The molecule has 34 heavy (non-hydrogen) atoms. The highest BCUT2D eigenvalue weighted by Crippen LogP contribution is 2.28. The predicted molar refractivity (Wildman–Crippen MR) is 126 cm³/mol. The quantitative estimate of drug-likeness (QED) is 0.374. The van der Waals surface area contributed by atoms with E-state index in [9.17, 15) is 18.8 Å². The zero-order valence-corrected chi connectivity index (χ0v) is 19.3. The number of carbonyl (C=O) groups is 2. The summed E-state index contributed by atoms with van der Waals surface area (Å²) < 4.78 is 19.8. The summed E-state index contributed by atoms with van der Waals surface area (Å²) in [6.45, 7) is 3.38. The van der Waals surface area contributed by atoms with E-state index in [1.807, 2.05) is 0 Å². The van der Waals surface area contributed by atoms with E-state index in [4.69, 9.17) is 4.74 Å². The molecule has 2 aromatic carbocycles. The van der Waals surface area contributed by atoms with Gasteiger partial charge in [0.25, 0.3) is 5.56 Å². The van der Waals surface area contributed by atoms with Crippen LogP contribution in [0.3, 0.4) is 0 Å². The van der Waals surface area contributed by atoms with Gasteiger partial charge in [0.1, 0.15) is 17.2 Å². The number of anilines is 1. The predicted octanol–water partition coefficient (Wildman–Crippen LogP) is 3.71. The average molecular weight is 481 g/mol. The second kappa shape index (κ2) is 9.92. The van der Waals surface area contributed by atoms with Crippen LogP contribution < -0.4 is 10.5 Å². The van der Waals surface area contributed by atoms with Gasteiger partial charge >= 0.3 is 5.97 Å². The fourth-order valence-corrected chi connectivity index (χ4v) is 4.39. The maximum Gasteiger partial charge on any atom is 0.350 e. The normalized spacial score (nSPS) is 10.9. The first kappa shape index (κ1) is 23.2. The highest BCUT2D eigenvalue weighted by atomic mass is 32.1. The van der Waals surface area contributed by atoms with Gasteiger partial charge in [0, 0.05) is 0 Å². The summed E-state index contributed by atoms with van der Waals surface area (Å²) in [5.74, 6) is -1.34. The summed E-state index contributed by atoms with van der Waals surface area (Å²) in [5, 5.41) is 0.279. The molecule has 0 N–H and O–H groups in total. The van der Waals surface area contributed by atoms with Crippen molar-refractivity contribution in [3.05, 3.63) is 87.0 Å². The second-order valence-electron chi connectivity index (χ2n) is 7.41. The number of thiazole rings is 1. The highest BCUT2D eigenvalue weighted by molar-refractivity contribution is 7.17. The second-order valence-corrected chi connectivity index (χ2v) is 8.39. The SMILES string of the molecule is CCOC(=O)c1sc(N(Cc2ccc(F)cc2)C(=O)Cn2c(=O)cnc3ccccc32)nc1C. The van der Waals surface area contributed by atoms with Gasteiger partial charge in [-0.25, -0.2) is 19.2 Å². The van der Waals surface area contributed by atoms with Crippen LogP contribution in [0.4, 0.5) is 9.52 Å². The first-order valence-electron chi connectivity index (χ1n) is 10.5. The van der Waals surface area contributed by atoms with Crippen molar-refractivity contribution in [2.75, 3.05) is 11.5 Å². The van der Waals surface area contributed by atoms with Crippen LogP contribution in [-0.2, 0) is 22.6 Å². The van der Waals surface area contributed by atoms with E-state index >= 15 is 0 Å². The van der Waals surface area contributed by atoms with Gasteiger partial charge in [-0.3, -0.25) is 19.1 Å². The van der Waals surface area contributed by atoms with Crippen molar-refractivity contribution < 1.29 is 18.7 Å². The van der Waals surface area contributed by atoms with E-state index in [0.29, 0.717) is 27.2 Å². The Balaban J connectivity index is 1.73. The van der Waals surface area contributed by atoms with Crippen molar-refractivity contribution in [1.82, 2.24) is 14.5 Å². The van der Waals surface area contributed by atoms with E-state index in [2.05, 4.69) is 9.97 Å². The Hall–Kier alpha value is -3.92. The van der Waals surface area contributed by atoms with E-state index < -0.39 is 23.3 Å². The molecule has 2 aromatic heterocycles. The monoisotopic (exact) mass is 480 g/mol. The van der Waals surface area contributed by atoms with Crippen LogP contribution in [0.2, 0.25) is 0 Å². The van der Waals surface area contributed by atoms with Crippen molar-refractivity contribution >= 4 is 39.4 Å². The number of rotatable bonds is 7. The van der Waals surface area contributed by atoms with Crippen LogP contribution in [-0.4, -0.2) is 33.0 Å². The Morgan fingerprint density at radius 2 is 1.88 bits per heavy atom. The van der Waals surface area contributed by atoms with E-state index in [0.717, 1.165) is 11.3 Å². The minimum Gasteiger partial charge on any atom is -0.462 e. The molecule has 0 fully saturated rings. The number of ether oxygens (including phenoxy) is 1. The first-order chi connectivity index (χ1) is 16.4. The van der Waals surface area contributed by atoms with Gasteiger partial charge in [0.05, 0.1) is 36.1 Å². The zero-order chi connectivity index (χ0) is 24.2. The summed E-state index contributed by atoms with van der Waals surface area (Å²) in [5.41, 5.74) is 1.77. The third-order valence-electron chi connectivity index (χ3n) is 5.08. The van der Waals surface area contributed by atoms with Crippen LogP contribution in [0.1, 0.15) is 27.9 Å². The molecule has 0 aliphatic heterocycles. The number of aryl methyl sites for hydroxylation is 1. The molecule has 174 valence electrons. The zero-order valence-electron chi connectivity index (χ0n) is 18.5. The number of nitrogens with zero attached hydrogens (tertiary/aromatic N) is 4. The third kappa shape index (κ3) is 4.86. The van der Waals surface area contributed by atoms with Crippen LogP contribution in [0.5, 0.6) is 0 Å². The largest absolute Gasteiger partial charge is 0.462 e. The molecule has 4 aromatic rings. The molecular weight excluding hydrogens is 459 g/mol. The Labute approximate surface area is 198 Å². The van der Waals surface area contributed by atoms with Gasteiger partial charge in [-0.2, -0.15) is 0 Å². The van der Waals surface area contributed by atoms with E-state index in [-0.39, 0.29) is 24.8 Å². The van der Waals surface area contributed by atoms with Crippen molar-refractivity contribution in [2.45, 2.75) is 26.9 Å². The number of carbonyl (C=O) groups excluding carboxylic acids is 2. The van der Waals surface area contributed by atoms with Gasteiger partial charge in [0.15, 0.2) is 5.13 Å². The molecular formula is C24H21FN4O4S. The standard InChI is InChI=1S/C24H21FN4O4S/c1-3-33-23(32)22-15(2)27-24(34-22)29(13-16-8-10-17(25)11-9-16)21(31)14-28-19-7-5-4-6-18(19)26-12-20(28)30/h4-12H,3,13-14H2,1-2H3. The number of hydrogen-bond acceptors (Lipinski definition) is 7. The summed E-state index contributed by atoms with van der Waals surface area (Å²) in [6, 6.07) is 12.8. The molecule has 0 unspecified atom stereocenters. The Bertz CT molecular complexity index is 1410. The summed E-state index contributed by atoms with van der Waals surface area (Å²) >= 11 is 1.03. The van der Waals surface area contributed by atoms with Crippen LogP contribution in [0.25, 0.3) is 11.0 Å². The number of aromatic nitrogens is 3. The number of esters is 1. The van der Waals surface area contributed by atoms with E-state index in [1.54, 1.807) is 50.2 Å². The number of hydrogen-bond donors (Lipinski definition) is 0. The maximum absolute atomic E-state index is 13.5. The lowest BCUT2D eigenvalue weighted by Gasteiger charge is -2.21. The summed E-state index contributed by atoms with van der Waals surface area (Å²) in [4.78, 5) is 48.6.